The molecule has 0 radical (unpaired) electrons. The maximum absolute atomic E-state index is 12.3. The second kappa shape index (κ2) is 5.54. The van der Waals surface area contributed by atoms with Crippen molar-refractivity contribution in [2.45, 2.75) is 20.4 Å². The van der Waals surface area contributed by atoms with Crippen LogP contribution in [-0.2, 0) is 6.54 Å². The van der Waals surface area contributed by atoms with Crippen LogP contribution in [0.4, 0.5) is 5.69 Å². The number of nitrogens with zero attached hydrogens (tertiary/aromatic N) is 2. The highest BCUT2D eigenvalue weighted by atomic mass is 35.5. The first-order valence-electron chi connectivity index (χ1n) is 6.12. The number of halogens is 1. The average molecular weight is 294 g/mol. The van der Waals surface area contributed by atoms with Crippen molar-refractivity contribution in [3.8, 4) is 0 Å². The number of carbonyl (C=O) groups is 1. The highest BCUT2D eigenvalue weighted by Gasteiger charge is 2.20. The summed E-state index contributed by atoms with van der Waals surface area (Å²) in [7, 11) is 1.68. The number of nitrogen functional groups attached to an aromatic ring is 1. The molecule has 0 atom stereocenters. The molecule has 1 aromatic carbocycles. The summed E-state index contributed by atoms with van der Waals surface area (Å²) in [6, 6.07) is 5.19. The molecule has 0 aliphatic carbocycles. The molecule has 0 bridgehead atoms. The molecule has 0 aliphatic rings. The lowest BCUT2D eigenvalue weighted by molar-refractivity contribution is 0.0751. The Morgan fingerprint density at radius 2 is 2.15 bits per heavy atom. The molecule has 0 saturated heterocycles. The van der Waals surface area contributed by atoms with Crippen molar-refractivity contribution in [2.24, 2.45) is 0 Å². The number of rotatable bonds is 3. The van der Waals surface area contributed by atoms with E-state index in [9.17, 15) is 4.79 Å². The Hall–Kier alpha value is -2.01. The normalized spacial score (nSPS) is 10.6. The Kier molecular flexibility index (Phi) is 3.99. The summed E-state index contributed by atoms with van der Waals surface area (Å²) in [5, 5.41) is 0.573. The first-order valence-corrected chi connectivity index (χ1v) is 6.49. The van der Waals surface area contributed by atoms with E-state index in [1.807, 2.05) is 0 Å². The van der Waals surface area contributed by atoms with E-state index in [1.165, 1.54) is 4.90 Å². The molecule has 0 saturated carbocycles. The zero-order valence-electron chi connectivity index (χ0n) is 11.6. The van der Waals surface area contributed by atoms with Gasteiger partial charge in [-0.25, -0.2) is 4.98 Å². The molecule has 1 amide bonds. The van der Waals surface area contributed by atoms with Crippen LogP contribution in [0.2, 0.25) is 5.02 Å². The second-order valence-electron chi connectivity index (χ2n) is 4.66. The number of amides is 1. The van der Waals surface area contributed by atoms with Gasteiger partial charge in [-0.05, 0) is 30.7 Å². The summed E-state index contributed by atoms with van der Waals surface area (Å²) in [6.45, 7) is 3.80. The highest BCUT2D eigenvalue weighted by molar-refractivity contribution is 6.31. The molecule has 2 aromatic rings. The van der Waals surface area contributed by atoms with Gasteiger partial charge in [0, 0.05) is 31.2 Å². The number of oxazole rings is 1. The Balaban J connectivity index is 2.19. The summed E-state index contributed by atoms with van der Waals surface area (Å²) < 4.78 is 5.33. The topological polar surface area (TPSA) is 72.4 Å². The van der Waals surface area contributed by atoms with Gasteiger partial charge in [-0.15, -0.1) is 0 Å². The van der Waals surface area contributed by atoms with Crippen LogP contribution in [0.1, 0.15) is 27.7 Å². The van der Waals surface area contributed by atoms with Gasteiger partial charge in [-0.1, -0.05) is 11.6 Å². The van der Waals surface area contributed by atoms with E-state index in [-0.39, 0.29) is 11.7 Å². The molecule has 6 heteroatoms. The fourth-order valence-corrected chi connectivity index (χ4v) is 2.12. The minimum atomic E-state index is -0.235. The fourth-order valence-electron chi connectivity index (χ4n) is 1.95. The van der Waals surface area contributed by atoms with E-state index in [0.29, 0.717) is 28.8 Å². The number of nitrogens with two attached hydrogens (primary N) is 1. The predicted octanol–water partition coefficient (Wildman–Crippen LogP) is 2.80. The molecule has 2 N–H and O–H groups in total. The molecule has 0 fully saturated rings. The minimum Gasteiger partial charge on any atom is -0.436 e. The van der Waals surface area contributed by atoms with Gasteiger partial charge in [-0.2, -0.15) is 0 Å². The van der Waals surface area contributed by atoms with E-state index < -0.39 is 0 Å². The smallest absolute Gasteiger partial charge is 0.291 e. The Morgan fingerprint density at radius 1 is 1.45 bits per heavy atom. The van der Waals surface area contributed by atoms with Gasteiger partial charge in [0.15, 0.2) is 5.89 Å². The molecule has 2 rings (SSSR count). The van der Waals surface area contributed by atoms with Crippen molar-refractivity contribution in [1.82, 2.24) is 9.88 Å². The van der Waals surface area contributed by atoms with Crippen LogP contribution in [0.15, 0.2) is 22.6 Å². The van der Waals surface area contributed by atoms with Gasteiger partial charge >= 0.3 is 0 Å². The van der Waals surface area contributed by atoms with Crippen molar-refractivity contribution in [1.29, 1.82) is 0 Å². The van der Waals surface area contributed by atoms with Crippen molar-refractivity contribution >= 4 is 23.2 Å². The molecule has 0 aliphatic heterocycles. The molecular formula is C14H16ClN3O2. The molecular weight excluding hydrogens is 278 g/mol. The fraction of sp³-hybridized carbons (Fsp3) is 0.286. The van der Waals surface area contributed by atoms with Gasteiger partial charge in [0.1, 0.15) is 0 Å². The van der Waals surface area contributed by atoms with Crippen molar-refractivity contribution < 1.29 is 9.21 Å². The lowest BCUT2D eigenvalue weighted by Crippen LogP contribution is -2.26. The van der Waals surface area contributed by atoms with E-state index in [1.54, 1.807) is 39.1 Å². The van der Waals surface area contributed by atoms with E-state index in [2.05, 4.69) is 4.98 Å². The van der Waals surface area contributed by atoms with Crippen LogP contribution in [0, 0.1) is 13.8 Å². The van der Waals surface area contributed by atoms with Crippen LogP contribution in [0.5, 0.6) is 0 Å². The zero-order chi connectivity index (χ0) is 14.9. The van der Waals surface area contributed by atoms with Crippen molar-refractivity contribution in [3.05, 3.63) is 46.1 Å². The SMILES string of the molecule is Cc1nc(C)c(C(=O)N(C)Cc2cc(N)ccc2Cl)o1. The minimum absolute atomic E-state index is 0.235. The third kappa shape index (κ3) is 2.93. The highest BCUT2D eigenvalue weighted by Crippen LogP contribution is 2.21. The maximum atomic E-state index is 12.3. The second-order valence-corrected chi connectivity index (χ2v) is 5.07. The van der Waals surface area contributed by atoms with Gasteiger partial charge in [-0.3, -0.25) is 4.79 Å². The van der Waals surface area contributed by atoms with Crippen molar-refractivity contribution in [3.63, 3.8) is 0 Å². The average Bonchev–Trinajstić information content (AvgIpc) is 2.72. The van der Waals surface area contributed by atoms with Gasteiger partial charge in [0.25, 0.3) is 5.91 Å². The lowest BCUT2D eigenvalue weighted by Gasteiger charge is -2.17. The van der Waals surface area contributed by atoms with Crippen LogP contribution in [0.25, 0.3) is 0 Å². The first-order chi connectivity index (χ1) is 9.38. The molecule has 0 spiro atoms. The largest absolute Gasteiger partial charge is 0.436 e. The Labute approximate surface area is 122 Å². The standard InChI is InChI=1S/C14H16ClN3O2/c1-8-13(20-9(2)17-8)14(19)18(3)7-10-6-11(16)4-5-12(10)15/h4-6H,7,16H2,1-3H3. The van der Waals surface area contributed by atoms with Crippen LogP contribution in [0.3, 0.4) is 0 Å². The van der Waals surface area contributed by atoms with Crippen LogP contribution < -0.4 is 5.73 Å². The molecule has 20 heavy (non-hydrogen) atoms. The number of hydrogen-bond donors (Lipinski definition) is 1. The summed E-state index contributed by atoms with van der Waals surface area (Å²) in [4.78, 5) is 17.9. The van der Waals surface area contributed by atoms with E-state index >= 15 is 0 Å². The third-order valence-electron chi connectivity index (χ3n) is 2.92. The van der Waals surface area contributed by atoms with Gasteiger partial charge < -0.3 is 15.1 Å². The monoisotopic (exact) mass is 293 g/mol. The molecule has 0 unspecified atom stereocenters. The number of anilines is 1. The summed E-state index contributed by atoms with van der Waals surface area (Å²) in [5.41, 5.74) is 7.71. The summed E-state index contributed by atoms with van der Waals surface area (Å²) in [6.07, 6.45) is 0. The first kappa shape index (κ1) is 14.4. The Bertz CT molecular complexity index is 652. The lowest BCUT2D eigenvalue weighted by atomic mass is 10.2. The molecule has 1 heterocycles. The number of benzene rings is 1. The predicted molar refractivity (Wildman–Crippen MR) is 77.6 cm³/mol. The zero-order valence-corrected chi connectivity index (χ0v) is 12.4. The number of hydrogen-bond acceptors (Lipinski definition) is 4. The molecule has 5 nitrogen and oxygen atoms in total. The summed E-state index contributed by atoms with van der Waals surface area (Å²) >= 11 is 6.10. The van der Waals surface area contributed by atoms with Crippen LogP contribution in [-0.4, -0.2) is 22.8 Å². The van der Waals surface area contributed by atoms with Crippen molar-refractivity contribution in [2.75, 3.05) is 12.8 Å². The Morgan fingerprint density at radius 3 is 2.75 bits per heavy atom. The molecule has 1 aromatic heterocycles. The van der Waals surface area contributed by atoms with E-state index in [0.717, 1.165) is 5.56 Å². The third-order valence-corrected chi connectivity index (χ3v) is 3.29. The number of aromatic nitrogens is 1. The number of carbonyl (C=O) groups excluding carboxylic acids is 1. The number of aryl methyl sites for hydroxylation is 2. The molecule has 106 valence electrons. The van der Waals surface area contributed by atoms with Gasteiger partial charge in [0.2, 0.25) is 5.76 Å². The summed E-state index contributed by atoms with van der Waals surface area (Å²) in [5.74, 6) is 0.493. The van der Waals surface area contributed by atoms with Crippen LogP contribution >= 0.6 is 11.6 Å². The quantitative estimate of drug-likeness (QED) is 0.883. The van der Waals surface area contributed by atoms with E-state index in [4.69, 9.17) is 21.8 Å². The maximum Gasteiger partial charge on any atom is 0.291 e. The van der Waals surface area contributed by atoms with Gasteiger partial charge in [0.05, 0.1) is 5.69 Å².